The molecule has 2 N–H and O–H groups in total. The maximum Gasteiger partial charge on any atom is 0.250 e. The Morgan fingerprint density at radius 1 is 1.55 bits per heavy atom. The normalized spacial score (nSPS) is 18.2. The molecule has 0 saturated carbocycles. The van der Waals surface area contributed by atoms with E-state index in [0.29, 0.717) is 30.6 Å². The standard InChI is InChI=1S/C13H16BrFN2O2.ClH/c14-10-7-9(1-2-11(10)15)3-4-17-13(18)12-8-16-5-6-19-12;/h1-2,7,12,16H,3-6,8H2,(H,17,18);1H. The molecule has 7 heteroatoms. The van der Waals surface area contributed by atoms with E-state index in [0.717, 1.165) is 12.1 Å². The largest absolute Gasteiger partial charge is 0.366 e. The zero-order valence-corrected chi connectivity index (χ0v) is 13.2. The number of hydrogen-bond donors (Lipinski definition) is 2. The molecule has 1 unspecified atom stereocenters. The van der Waals surface area contributed by atoms with Crippen LogP contribution >= 0.6 is 28.3 Å². The van der Waals surface area contributed by atoms with Crippen LogP contribution in [0.25, 0.3) is 0 Å². The first kappa shape index (κ1) is 17.4. The van der Waals surface area contributed by atoms with Crippen molar-refractivity contribution in [3.8, 4) is 0 Å². The van der Waals surface area contributed by atoms with Crippen LogP contribution in [0.15, 0.2) is 22.7 Å². The molecule has 1 saturated heterocycles. The van der Waals surface area contributed by atoms with Crippen LogP contribution in [0.1, 0.15) is 5.56 Å². The van der Waals surface area contributed by atoms with Crippen LogP contribution in [-0.2, 0) is 16.0 Å². The number of amides is 1. The van der Waals surface area contributed by atoms with Crippen LogP contribution < -0.4 is 10.6 Å². The number of nitrogens with one attached hydrogen (secondary N) is 2. The second kappa shape index (κ2) is 8.56. The third-order valence-electron chi connectivity index (χ3n) is 2.92. The van der Waals surface area contributed by atoms with Gasteiger partial charge in [0.15, 0.2) is 0 Å². The maximum atomic E-state index is 13.1. The van der Waals surface area contributed by atoms with Crippen molar-refractivity contribution in [2.75, 3.05) is 26.2 Å². The predicted octanol–water partition coefficient (Wildman–Crippen LogP) is 1.66. The predicted molar refractivity (Wildman–Crippen MR) is 80.7 cm³/mol. The van der Waals surface area contributed by atoms with Crippen molar-refractivity contribution in [2.24, 2.45) is 0 Å². The van der Waals surface area contributed by atoms with Crippen molar-refractivity contribution >= 4 is 34.2 Å². The topological polar surface area (TPSA) is 50.4 Å². The summed E-state index contributed by atoms with van der Waals surface area (Å²) in [5.41, 5.74) is 0.969. The van der Waals surface area contributed by atoms with Crippen molar-refractivity contribution in [2.45, 2.75) is 12.5 Å². The molecule has 1 aliphatic rings. The van der Waals surface area contributed by atoms with Gasteiger partial charge in [-0.1, -0.05) is 6.07 Å². The van der Waals surface area contributed by atoms with Crippen molar-refractivity contribution in [1.29, 1.82) is 0 Å². The zero-order valence-electron chi connectivity index (χ0n) is 10.8. The van der Waals surface area contributed by atoms with E-state index in [1.165, 1.54) is 6.07 Å². The number of carbonyl (C=O) groups excluding carboxylic acids is 1. The average Bonchev–Trinajstić information content (AvgIpc) is 2.43. The third kappa shape index (κ3) is 5.01. The Morgan fingerprint density at radius 3 is 3.00 bits per heavy atom. The molecule has 112 valence electrons. The quantitative estimate of drug-likeness (QED) is 0.851. The van der Waals surface area contributed by atoms with Gasteiger partial charge < -0.3 is 15.4 Å². The minimum absolute atomic E-state index is 0. The number of benzene rings is 1. The van der Waals surface area contributed by atoms with Gasteiger partial charge in [0.05, 0.1) is 11.1 Å². The first-order valence-corrected chi connectivity index (χ1v) is 7.00. The van der Waals surface area contributed by atoms with Crippen LogP contribution in [0.4, 0.5) is 4.39 Å². The monoisotopic (exact) mass is 366 g/mol. The highest BCUT2D eigenvalue weighted by Gasteiger charge is 2.20. The lowest BCUT2D eigenvalue weighted by molar-refractivity contribution is -0.134. The molecule has 0 radical (unpaired) electrons. The summed E-state index contributed by atoms with van der Waals surface area (Å²) in [6.07, 6.45) is 0.249. The van der Waals surface area contributed by atoms with Gasteiger partial charge in [0, 0.05) is 19.6 Å². The lowest BCUT2D eigenvalue weighted by Gasteiger charge is -2.22. The second-order valence-corrected chi connectivity index (χ2v) is 5.21. The van der Waals surface area contributed by atoms with Gasteiger partial charge in [0.1, 0.15) is 11.9 Å². The summed E-state index contributed by atoms with van der Waals surface area (Å²) in [6.45, 7) is 2.40. The fourth-order valence-electron chi connectivity index (χ4n) is 1.87. The van der Waals surface area contributed by atoms with Gasteiger partial charge in [0.2, 0.25) is 5.91 Å². The van der Waals surface area contributed by atoms with Gasteiger partial charge in [-0.05, 0) is 40.0 Å². The van der Waals surface area contributed by atoms with E-state index in [4.69, 9.17) is 4.74 Å². The molecular weight excluding hydrogens is 351 g/mol. The summed E-state index contributed by atoms with van der Waals surface area (Å²) < 4.78 is 18.8. The van der Waals surface area contributed by atoms with E-state index >= 15 is 0 Å². The van der Waals surface area contributed by atoms with Crippen molar-refractivity contribution in [3.05, 3.63) is 34.1 Å². The molecule has 1 aromatic carbocycles. The summed E-state index contributed by atoms with van der Waals surface area (Å²) in [4.78, 5) is 11.8. The summed E-state index contributed by atoms with van der Waals surface area (Å²) in [5.74, 6) is -0.386. The first-order chi connectivity index (χ1) is 9.16. The number of ether oxygens (including phenoxy) is 1. The molecule has 0 aliphatic carbocycles. The zero-order chi connectivity index (χ0) is 13.7. The second-order valence-electron chi connectivity index (χ2n) is 4.35. The molecule has 0 aromatic heterocycles. The fraction of sp³-hybridized carbons (Fsp3) is 0.462. The Balaban J connectivity index is 0.00000200. The van der Waals surface area contributed by atoms with Gasteiger partial charge in [-0.25, -0.2) is 4.39 Å². The average molecular weight is 368 g/mol. The molecule has 1 heterocycles. The minimum Gasteiger partial charge on any atom is -0.366 e. The highest BCUT2D eigenvalue weighted by Crippen LogP contribution is 2.16. The molecule has 2 rings (SSSR count). The lowest BCUT2D eigenvalue weighted by Crippen LogP contribution is -2.48. The molecule has 4 nitrogen and oxygen atoms in total. The van der Waals surface area contributed by atoms with E-state index in [-0.39, 0.29) is 24.1 Å². The van der Waals surface area contributed by atoms with Crippen molar-refractivity contribution in [1.82, 2.24) is 10.6 Å². The van der Waals surface area contributed by atoms with Gasteiger partial charge in [0.25, 0.3) is 0 Å². The molecular formula is C13H17BrClFN2O2. The first-order valence-electron chi connectivity index (χ1n) is 6.21. The molecule has 20 heavy (non-hydrogen) atoms. The van der Waals surface area contributed by atoms with E-state index < -0.39 is 6.10 Å². The van der Waals surface area contributed by atoms with E-state index in [1.807, 2.05) is 0 Å². The Bertz CT molecular complexity index is 456. The summed E-state index contributed by atoms with van der Waals surface area (Å²) in [7, 11) is 0. The van der Waals surface area contributed by atoms with Gasteiger partial charge in [-0.15, -0.1) is 12.4 Å². The van der Waals surface area contributed by atoms with Crippen LogP contribution in [0.5, 0.6) is 0 Å². The minimum atomic E-state index is -0.409. The van der Waals surface area contributed by atoms with E-state index in [1.54, 1.807) is 12.1 Å². The Hall–Kier alpha value is -0.690. The van der Waals surface area contributed by atoms with Gasteiger partial charge in [-0.3, -0.25) is 4.79 Å². The third-order valence-corrected chi connectivity index (χ3v) is 3.52. The molecule has 1 atom stereocenters. The number of morpholine rings is 1. The molecule has 1 aromatic rings. The van der Waals surface area contributed by atoms with Crippen LogP contribution in [0.3, 0.4) is 0 Å². The van der Waals surface area contributed by atoms with Gasteiger partial charge >= 0.3 is 0 Å². The molecule has 1 aliphatic heterocycles. The van der Waals surface area contributed by atoms with Crippen LogP contribution in [0.2, 0.25) is 0 Å². The lowest BCUT2D eigenvalue weighted by atomic mass is 10.1. The Kier molecular flexibility index (Phi) is 7.43. The molecule has 0 spiro atoms. The molecule has 1 fully saturated rings. The summed E-state index contributed by atoms with van der Waals surface area (Å²) in [5, 5.41) is 5.93. The van der Waals surface area contributed by atoms with E-state index in [2.05, 4.69) is 26.6 Å². The number of hydrogen-bond acceptors (Lipinski definition) is 3. The van der Waals surface area contributed by atoms with Crippen molar-refractivity contribution in [3.63, 3.8) is 0 Å². The molecule has 1 amide bonds. The number of rotatable bonds is 4. The molecule has 0 bridgehead atoms. The SMILES string of the molecule is Cl.O=C(NCCc1ccc(F)c(Br)c1)C1CNCCO1. The number of carbonyl (C=O) groups is 1. The highest BCUT2D eigenvalue weighted by atomic mass is 79.9. The number of halogens is 3. The van der Waals surface area contributed by atoms with Crippen molar-refractivity contribution < 1.29 is 13.9 Å². The Labute approximate surface area is 132 Å². The van der Waals surface area contributed by atoms with Crippen LogP contribution in [0, 0.1) is 5.82 Å². The van der Waals surface area contributed by atoms with Crippen LogP contribution in [-0.4, -0.2) is 38.3 Å². The summed E-state index contributed by atoms with van der Waals surface area (Å²) >= 11 is 3.14. The summed E-state index contributed by atoms with van der Waals surface area (Å²) in [6, 6.07) is 4.85. The fourth-order valence-corrected chi connectivity index (χ4v) is 2.30. The highest BCUT2D eigenvalue weighted by molar-refractivity contribution is 9.10. The smallest absolute Gasteiger partial charge is 0.250 e. The van der Waals surface area contributed by atoms with E-state index in [9.17, 15) is 9.18 Å². The Morgan fingerprint density at radius 2 is 2.35 bits per heavy atom. The maximum absolute atomic E-state index is 13.1. The van der Waals surface area contributed by atoms with Gasteiger partial charge in [-0.2, -0.15) is 0 Å².